The number of aromatic nitrogens is 2. The lowest BCUT2D eigenvalue weighted by atomic mass is 10.2. The van der Waals surface area contributed by atoms with Gasteiger partial charge in [-0.15, -0.1) is 0 Å². The Bertz CT molecular complexity index is 514. The summed E-state index contributed by atoms with van der Waals surface area (Å²) in [6.45, 7) is 4.65. The fourth-order valence-corrected chi connectivity index (χ4v) is 2.03. The molecule has 2 rings (SSSR count). The van der Waals surface area contributed by atoms with Crippen molar-refractivity contribution in [3.05, 3.63) is 48.5 Å². The minimum atomic E-state index is -0.501. The molecule has 0 bridgehead atoms. The highest BCUT2D eigenvalue weighted by atomic mass is 16.5. The van der Waals surface area contributed by atoms with Crippen LogP contribution in [0.15, 0.2) is 43.0 Å². The molecule has 0 radical (unpaired) electrons. The Morgan fingerprint density at radius 3 is 3.10 bits per heavy atom. The van der Waals surface area contributed by atoms with Gasteiger partial charge in [-0.25, -0.2) is 4.98 Å². The smallest absolute Gasteiger partial charge is 0.119 e. The number of nitrogens with one attached hydrogen (secondary N) is 1. The van der Waals surface area contributed by atoms with Crippen molar-refractivity contribution in [2.45, 2.75) is 26.0 Å². The SMILES string of the molecule is Cc1cccc(OC[C@@H](O)CNCCCn2ccnc2)c1. The van der Waals surface area contributed by atoms with Crippen molar-refractivity contribution in [1.29, 1.82) is 0 Å². The van der Waals surface area contributed by atoms with Crippen LogP contribution in [0.25, 0.3) is 0 Å². The number of hydrogen-bond donors (Lipinski definition) is 2. The van der Waals surface area contributed by atoms with Gasteiger partial charge < -0.3 is 19.7 Å². The van der Waals surface area contributed by atoms with Crippen LogP contribution in [0, 0.1) is 6.92 Å². The second-order valence-corrected chi connectivity index (χ2v) is 5.14. The van der Waals surface area contributed by atoms with Crippen LogP contribution in [0.5, 0.6) is 5.75 Å². The molecule has 0 amide bonds. The number of imidazole rings is 1. The fraction of sp³-hybridized carbons (Fsp3) is 0.438. The van der Waals surface area contributed by atoms with E-state index in [9.17, 15) is 5.11 Å². The molecule has 2 aromatic rings. The first kappa shape index (κ1) is 15.5. The van der Waals surface area contributed by atoms with Crippen molar-refractivity contribution >= 4 is 0 Å². The number of hydrogen-bond acceptors (Lipinski definition) is 4. The highest BCUT2D eigenvalue weighted by Gasteiger charge is 2.04. The van der Waals surface area contributed by atoms with Crippen LogP contribution in [0.3, 0.4) is 0 Å². The van der Waals surface area contributed by atoms with Crippen molar-refractivity contribution in [1.82, 2.24) is 14.9 Å². The van der Waals surface area contributed by atoms with Crippen LogP contribution in [0.1, 0.15) is 12.0 Å². The first-order valence-corrected chi connectivity index (χ1v) is 7.28. The fourth-order valence-electron chi connectivity index (χ4n) is 2.03. The monoisotopic (exact) mass is 289 g/mol. The van der Waals surface area contributed by atoms with E-state index in [1.807, 2.05) is 48.3 Å². The Balaban J connectivity index is 1.54. The zero-order valence-corrected chi connectivity index (χ0v) is 12.4. The molecule has 0 fully saturated rings. The van der Waals surface area contributed by atoms with Gasteiger partial charge in [0.15, 0.2) is 0 Å². The maximum absolute atomic E-state index is 9.86. The maximum Gasteiger partial charge on any atom is 0.119 e. The van der Waals surface area contributed by atoms with Crippen LogP contribution < -0.4 is 10.1 Å². The summed E-state index contributed by atoms with van der Waals surface area (Å²) in [7, 11) is 0. The third kappa shape index (κ3) is 5.97. The summed E-state index contributed by atoms with van der Waals surface area (Å²) in [6, 6.07) is 7.83. The molecular weight excluding hydrogens is 266 g/mol. The molecule has 0 spiro atoms. The van der Waals surface area contributed by atoms with E-state index in [-0.39, 0.29) is 0 Å². The molecule has 1 aromatic carbocycles. The third-order valence-electron chi connectivity index (χ3n) is 3.14. The molecule has 5 nitrogen and oxygen atoms in total. The molecule has 0 aliphatic heterocycles. The number of aliphatic hydroxyl groups is 1. The van der Waals surface area contributed by atoms with E-state index in [0.29, 0.717) is 13.2 Å². The van der Waals surface area contributed by atoms with Gasteiger partial charge in [0.25, 0.3) is 0 Å². The molecule has 0 aliphatic rings. The molecule has 0 unspecified atom stereocenters. The lowest BCUT2D eigenvalue weighted by Gasteiger charge is -2.13. The Morgan fingerprint density at radius 1 is 1.43 bits per heavy atom. The summed E-state index contributed by atoms with van der Waals surface area (Å²) in [5.41, 5.74) is 1.15. The van der Waals surface area contributed by atoms with Gasteiger partial charge in [0.2, 0.25) is 0 Å². The van der Waals surface area contributed by atoms with Crippen LogP contribution in [0.2, 0.25) is 0 Å². The van der Waals surface area contributed by atoms with Crippen LogP contribution >= 0.6 is 0 Å². The highest BCUT2D eigenvalue weighted by molar-refractivity contribution is 5.27. The highest BCUT2D eigenvalue weighted by Crippen LogP contribution is 2.12. The van der Waals surface area contributed by atoms with E-state index in [0.717, 1.165) is 30.8 Å². The standard InChI is InChI=1S/C16H23N3O2/c1-14-4-2-5-16(10-14)21-12-15(20)11-17-6-3-8-19-9-7-18-13-19/h2,4-5,7,9-10,13,15,17,20H,3,6,8,11-12H2,1H3/t15-/m0/s1. The molecule has 0 saturated heterocycles. The molecule has 1 atom stereocenters. The van der Waals surface area contributed by atoms with E-state index in [4.69, 9.17) is 4.74 Å². The quantitative estimate of drug-likeness (QED) is 0.689. The summed E-state index contributed by atoms with van der Waals surface area (Å²) >= 11 is 0. The van der Waals surface area contributed by atoms with E-state index < -0.39 is 6.10 Å². The van der Waals surface area contributed by atoms with Crippen molar-refractivity contribution < 1.29 is 9.84 Å². The summed E-state index contributed by atoms with van der Waals surface area (Å²) in [5.74, 6) is 0.800. The molecule has 1 heterocycles. The van der Waals surface area contributed by atoms with Gasteiger partial charge in [-0.1, -0.05) is 12.1 Å². The molecule has 21 heavy (non-hydrogen) atoms. The van der Waals surface area contributed by atoms with E-state index in [1.54, 1.807) is 6.20 Å². The van der Waals surface area contributed by atoms with Gasteiger partial charge in [0, 0.05) is 25.5 Å². The van der Waals surface area contributed by atoms with Crippen LogP contribution in [-0.4, -0.2) is 40.5 Å². The van der Waals surface area contributed by atoms with Crippen LogP contribution in [-0.2, 0) is 6.54 Å². The molecule has 0 saturated carbocycles. The average Bonchev–Trinajstić information content (AvgIpc) is 2.98. The predicted molar refractivity (Wildman–Crippen MR) is 82.4 cm³/mol. The third-order valence-corrected chi connectivity index (χ3v) is 3.14. The second kappa shape index (κ2) is 8.44. The molecule has 5 heteroatoms. The van der Waals surface area contributed by atoms with E-state index in [2.05, 4.69) is 10.3 Å². The van der Waals surface area contributed by atoms with Gasteiger partial charge in [0.05, 0.1) is 6.33 Å². The van der Waals surface area contributed by atoms with Gasteiger partial charge >= 0.3 is 0 Å². The Hall–Kier alpha value is -1.85. The Morgan fingerprint density at radius 2 is 2.33 bits per heavy atom. The van der Waals surface area contributed by atoms with Gasteiger partial charge in [-0.05, 0) is 37.6 Å². The minimum Gasteiger partial charge on any atom is -0.491 e. The molecule has 0 aliphatic carbocycles. The normalized spacial score (nSPS) is 12.3. The maximum atomic E-state index is 9.86. The number of benzene rings is 1. The van der Waals surface area contributed by atoms with Gasteiger partial charge in [0.1, 0.15) is 18.5 Å². The summed E-state index contributed by atoms with van der Waals surface area (Å²) in [6.07, 6.45) is 6.04. The Labute approximate surface area is 125 Å². The minimum absolute atomic E-state index is 0.304. The molecule has 114 valence electrons. The molecule has 1 aromatic heterocycles. The van der Waals surface area contributed by atoms with Crippen molar-refractivity contribution in [3.63, 3.8) is 0 Å². The molecular formula is C16H23N3O2. The lowest BCUT2D eigenvalue weighted by Crippen LogP contribution is -2.32. The topological polar surface area (TPSA) is 59.3 Å². The van der Waals surface area contributed by atoms with Crippen molar-refractivity contribution in [3.8, 4) is 5.75 Å². The zero-order valence-electron chi connectivity index (χ0n) is 12.4. The average molecular weight is 289 g/mol. The lowest BCUT2D eigenvalue weighted by molar-refractivity contribution is 0.106. The first-order valence-electron chi connectivity index (χ1n) is 7.28. The summed E-state index contributed by atoms with van der Waals surface area (Å²) in [4.78, 5) is 3.99. The van der Waals surface area contributed by atoms with E-state index in [1.165, 1.54) is 0 Å². The summed E-state index contributed by atoms with van der Waals surface area (Å²) in [5, 5.41) is 13.1. The van der Waals surface area contributed by atoms with E-state index >= 15 is 0 Å². The Kier molecular flexibility index (Phi) is 6.24. The number of rotatable bonds is 9. The number of ether oxygens (including phenoxy) is 1. The number of nitrogens with zero attached hydrogens (tertiary/aromatic N) is 2. The van der Waals surface area contributed by atoms with Gasteiger partial charge in [-0.3, -0.25) is 0 Å². The summed E-state index contributed by atoms with van der Waals surface area (Å²) < 4.78 is 7.60. The zero-order chi connectivity index (χ0) is 14.9. The van der Waals surface area contributed by atoms with Crippen molar-refractivity contribution in [2.24, 2.45) is 0 Å². The largest absolute Gasteiger partial charge is 0.491 e. The second-order valence-electron chi connectivity index (χ2n) is 5.14. The molecule has 2 N–H and O–H groups in total. The number of aryl methyl sites for hydroxylation is 2. The first-order chi connectivity index (χ1) is 10.2. The van der Waals surface area contributed by atoms with Crippen molar-refractivity contribution in [2.75, 3.05) is 19.7 Å². The number of aliphatic hydroxyl groups excluding tert-OH is 1. The van der Waals surface area contributed by atoms with Crippen LogP contribution in [0.4, 0.5) is 0 Å². The predicted octanol–water partition coefficient (Wildman–Crippen LogP) is 1.61. The van der Waals surface area contributed by atoms with Gasteiger partial charge in [-0.2, -0.15) is 0 Å².